The van der Waals surface area contributed by atoms with Gasteiger partial charge in [0.15, 0.2) is 6.10 Å². The lowest BCUT2D eigenvalue weighted by Gasteiger charge is -2.20. The van der Waals surface area contributed by atoms with Gasteiger partial charge in [-0.1, -0.05) is 180 Å². The molecule has 326 valence electrons. The molecule has 3 atom stereocenters. The average Bonchev–Trinajstić information content (AvgIpc) is 3.17. The molecule has 0 aromatic rings. The molecule has 0 bridgehead atoms. The maximum Gasteiger partial charge on any atom is 0.472 e. The van der Waals surface area contributed by atoms with E-state index in [0.29, 0.717) is 12.8 Å². The molecule has 0 fully saturated rings. The van der Waals surface area contributed by atoms with E-state index in [1.165, 1.54) is 128 Å². The van der Waals surface area contributed by atoms with Crippen LogP contribution in [-0.2, 0) is 32.7 Å². The molecule has 0 spiro atoms. The molecule has 11 heteroatoms. The van der Waals surface area contributed by atoms with Gasteiger partial charge in [-0.25, -0.2) is 4.57 Å². The zero-order valence-corrected chi connectivity index (χ0v) is 36.3. The number of aliphatic hydroxyl groups is 2. The van der Waals surface area contributed by atoms with Gasteiger partial charge in [-0.15, -0.1) is 0 Å². The van der Waals surface area contributed by atoms with Crippen LogP contribution in [0.4, 0.5) is 0 Å². The number of hydrogen-bond donors (Lipinski definition) is 3. The van der Waals surface area contributed by atoms with Gasteiger partial charge in [0.1, 0.15) is 12.7 Å². The van der Waals surface area contributed by atoms with Crippen LogP contribution in [-0.4, -0.2) is 65.7 Å². The van der Waals surface area contributed by atoms with E-state index < -0.39 is 51.8 Å². The van der Waals surface area contributed by atoms with E-state index in [4.69, 9.17) is 23.6 Å². The molecule has 0 radical (unpaired) electrons. The number of carbonyl (C=O) groups is 2. The number of carbonyl (C=O) groups excluding carboxylic acids is 2. The van der Waals surface area contributed by atoms with Crippen LogP contribution in [0.2, 0.25) is 0 Å². The van der Waals surface area contributed by atoms with E-state index in [-0.39, 0.29) is 19.4 Å². The Balaban J connectivity index is 4.25. The van der Waals surface area contributed by atoms with Crippen molar-refractivity contribution < 1.29 is 47.8 Å². The Labute approximate surface area is 336 Å². The summed E-state index contributed by atoms with van der Waals surface area (Å²) in [6, 6.07) is 0. The second kappa shape index (κ2) is 40.9. The number of phosphoric acid groups is 1. The van der Waals surface area contributed by atoms with Crippen molar-refractivity contribution in [2.75, 3.05) is 26.4 Å². The predicted octanol–water partition coefficient (Wildman–Crippen LogP) is 12.0. The third-order valence-corrected chi connectivity index (χ3v) is 10.9. The lowest BCUT2D eigenvalue weighted by molar-refractivity contribution is -0.161. The number of rotatable bonds is 43. The van der Waals surface area contributed by atoms with Gasteiger partial charge in [0.2, 0.25) is 0 Å². The standard InChI is InChI=1S/C44H85O10P/c1-3-5-7-9-11-13-15-17-19-20-22-24-26-28-30-32-34-36-44(48)54-42(40-53-55(49,50)52-38-41(46)37-45)39-51-43(47)35-33-31-29-27-25-23-21-18-16-14-12-10-8-6-4-2/h18,21,41-42,45-46H,3-17,19-20,22-40H2,1-2H3,(H,49,50)/b21-18-/t41-,42+/m0/s1. The number of aliphatic hydroxyl groups excluding tert-OH is 2. The monoisotopic (exact) mass is 805 g/mol. The lowest BCUT2D eigenvalue weighted by Crippen LogP contribution is -2.29. The van der Waals surface area contributed by atoms with Crippen molar-refractivity contribution in [1.82, 2.24) is 0 Å². The minimum atomic E-state index is -4.61. The van der Waals surface area contributed by atoms with Gasteiger partial charge in [-0.05, 0) is 38.5 Å². The number of phosphoric ester groups is 1. The van der Waals surface area contributed by atoms with Crippen molar-refractivity contribution in [2.45, 2.75) is 232 Å². The second-order valence-corrected chi connectivity index (χ2v) is 16.9. The number of esters is 2. The van der Waals surface area contributed by atoms with Crippen molar-refractivity contribution in [1.29, 1.82) is 0 Å². The zero-order valence-electron chi connectivity index (χ0n) is 35.4. The van der Waals surface area contributed by atoms with Gasteiger partial charge in [0.25, 0.3) is 0 Å². The Morgan fingerprint density at radius 3 is 1.31 bits per heavy atom. The summed E-state index contributed by atoms with van der Waals surface area (Å²) < 4.78 is 32.7. The summed E-state index contributed by atoms with van der Waals surface area (Å²) in [5.74, 6) is -0.923. The molecule has 0 heterocycles. The minimum absolute atomic E-state index is 0.188. The summed E-state index contributed by atoms with van der Waals surface area (Å²) in [5.41, 5.74) is 0. The highest BCUT2D eigenvalue weighted by atomic mass is 31.2. The first-order chi connectivity index (χ1) is 26.7. The quantitative estimate of drug-likeness (QED) is 0.0235. The van der Waals surface area contributed by atoms with Crippen LogP contribution in [0.25, 0.3) is 0 Å². The topological polar surface area (TPSA) is 149 Å². The fourth-order valence-corrected chi connectivity index (χ4v) is 7.19. The van der Waals surface area contributed by atoms with E-state index in [1.807, 2.05) is 0 Å². The summed E-state index contributed by atoms with van der Waals surface area (Å²) >= 11 is 0. The average molecular weight is 805 g/mol. The summed E-state index contributed by atoms with van der Waals surface area (Å²) in [6.45, 7) is 2.40. The first kappa shape index (κ1) is 53.7. The minimum Gasteiger partial charge on any atom is -0.462 e. The Morgan fingerprint density at radius 2 is 0.891 bits per heavy atom. The van der Waals surface area contributed by atoms with Gasteiger partial charge in [-0.2, -0.15) is 0 Å². The summed E-state index contributed by atoms with van der Waals surface area (Å²) in [5, 5.41) is 18.3. The lowest BCUT2D eigenvalue weighted by atomic mass is 10.0. The summed E-state index contributed by atoms with van der Waals surface area (Å²) in [7, 11) is -4.61. The first-order valence-electron chi connectivity index (χ1n) is 22.6. The molecule has 1 unspecified atom stereocenters. The highest BCUT2D eigenvalue weighted by Crippen LogP contribution is 2.43. The molecular formula is C44H85O10P. The molecule has 0 saturated heterocycles. The van der Waals surface area contributed by atoms with Crippen LogP contribution in [0.3, 0.4) is 0 Å². The van der Waals surface area contributed by atoms with Gasteiger partial charge >= 0.3 is 19.8 Å². The molecule has 3 N–H and O–H groups in total. The molecule has 0 aliphatic rings. The molecule has 0 rings (SSSR count). The number of hydrogen-bond acceptors (Lipinski definition) is 9. The van der Waals surface area contributed by atoms with Crippen LogP contribution in [0.5, 0.6) is 0 Å². The molecule has 55 heavy (non-hydrogen) atoms. The molecule has 0 aliphatic carbocycles. The smallest absolute Gasteiger partial charge is 0.462 e. The Kier molecular flexibility index (Phi) is 39.9. The van der Waals surface area contributed by atoms with Crippen molar-refractivity contribution in [3.05, 3.63) is 12.2 Å². The maximum atomic E-state index is 12.6. The Hall–Kier alpha value is -1.29. The third-order valence-electron chi connectivity index (χ3n) is 9.92. The molecular weight excluding hydrogens is 719 g/mol. The van der Waals surface area contributed by atoms with Crippen molar-refractivity contribution in [3.8, 4) is 0 Å². The summed E-state index contributed by atoms with van der Waals surface area (Å²) in [4.78, 5) is 35.0. The molecule has 0 aromatic carbocycles. The molecule has 10 nitrogen and oxygen atoms in total. The zero-order chi connectivity index (χ0) is 40.5. The van der Waals surface area contributed by atoms with Crippen LogP contribution in [0.1, 0.15) is 219 Å². The van der Waals surface area contributed by atoms with E-state index in [1.54, 1.807) is 0 Å². The van der Waals surface area contributed by atoms with Gasteiger partial charge in [0, 0.05) is 12.8 Å². The molecule has 0 saturated carbocycles. The third kappa shape index (κ3) is 40.7. The normalized spacial score (nSPS) is 13.9. The van der Waals surface area contributed by atoms with Crippen LogP contribution >= 0.6 is 7.82 Å². The SMILES string of the molecule is CCCCCCCC/C=C\CCCCCCCC(=O)OC[C@H](COP(=O)(O)OC[C@@H](O)CO)OC(=O)CCCCCCCCCCCCCCCCCCC. The highest BCUT2D eigenvalue weighted by molar-refractivity contribution is 7.47. The fourth-order valence-electron chi connectivity index (χ4n) is 6.40. The van der Waals surface area contributed by atoms with Gasteiger partial charge in [0.05, 0.1) is 19.8 Å². The second-order valence-electron chi connectivity index (χ2n) is 15.4. The van der Waals surface area contributed by atoms with E-state index in [0.717, 1.165) is 51.4 Å². The predicted molar refractivity (Wildman–Crippen MR) is 224 cm³/mol. The molecule has 0 aromatic heterocycles. The van der Waals surface area contributed by atoms with Crippen LogP contribution in [0, 0.1) is 0 Å². The van der Waals surface area contributed by atoms with E-state index in [2.05, 4.69) is 26.0 Å². The van der Waals surface area contributed by atoms with Gasteiger partial charge < -0.3 is 24.6 Å². The number of ether oxygens (including phenoxy) is 2. The van der Waals surface area contributed by atoms with Crippen LogP contribution in [0.15, 0.2) is 12.2 Å². The molecule has 0 amide bonds. The highest BCUT2D eigenvalue weighted by Gasteiger charge is 2.27. The van der Waals surface area contributed by atoms with Crippen molar-refractivity contribution >= 4 is 19.8 Å². The maximum absolute atomic E-state index is 12.6. The van der Waals surface area contributed by atoms with Crippen molar-refractivity contribution in [2.24, 2.45) is 0 Å². The number of allylic oxidation sites excluding steroid dienone is 2. The fraction of sp³-hybridized carbons (Fsp3) is 0.909. The summed E-state index contributed by atoms with van der Waals surface area (Å²) in [6.07, 6.45) is 38.9. The van der Waals surface area contributed by atoms with Gasteiger partial charge in [-0.3, -0.25) is 18.6 Å². The molecule has 0 aliphatic heterocycles. The number of unbranched alkanes of at least 4 members (excludes halogenated alkanes) is 27. The Morgan fingerprint density at radius 1 is 0.527 bits per heavy atom. The Bertz CT molecular complexity index is 930. The van der Waals surface area contributed by atoms with Crippen molar-refractivity contribution in [3.63, 3.8) is 0 Å². The van der Waals surface area contributed by atoms with Crippen LogP contribution < -0.4 is 0 Å². The first-order valence-corrected chi connectivity index (χ1v) is 24.1. The van der Waals surface area contributed by atoms with E-state index in [9.17, 15) is 24.2 Å². The largest absolute Gasteiger partial charge is 0.472 e. The van der Waals surface area contributed by atoms with E-state index >= 15 is 0 Å².